The van der Waals surface area contributed by atoms with Crippen molar-refractivity contribution in [1.29, 1.82) is 0 Å². The number of nitrogens with one attached hydrogen (secondary N) is 1. The highest BCUT2D eigenvalue weighted by Gasteiger charge is 2.58. The van der Waals surface area contributed by atoms with E-state index in [1.807, 2.05) is 12.1 Å². The third-order valence-corrected chi connectivity index (χ3v) is 12.1. The summed E-state index contributed by atoms with van der Waals surface area (Å²) in [4.78, 5) is 28.4. The second kappa shape index (κ2) is 8.94. The molecule has 0 aromatic heterocycles. The number of hydrogen-bond donors (Lipinski definition) is 2. The second-order valence-corrected chi connectivity index (χ2v) is 14.3. The molecule has 0 heterocycles. The first-order valence-corrected chi connectivity index (χ1v) is 15.2. The van der Waals surface area contributed by atoms with Crippen LogP contribution >= 0.6 is 0 Å². The van der Waals surface area contributed by atoms with Crippen molar-refractivity contribution in [2.24, 2.45) is 22.7 Å². The predicted octanol–water partition coefficient (Wildman–Crippen LogP) is 7.06. The summed E-state index contributed by atoms with van der Waals surface area (Å²) in [5.41, 5.74) is 5.19. The van der Waals surface area contributed by atoms with Crippen molar-refractivity contribution in [3.05, 3.63) is 64.2 Å². The fourth-order valence-electron chi connectivity index (χ4n) is 9.95. The molecule has 4 heteroatoms. The summed E-state index contributed by atoms with van der Waals surface area (Å²) < 4.78 is 0. The minimum atomic E-state index is -0.615. The van der Waals surface area contributed by atoms with Crippen molar-refractivity contribution in [2.45, 2.75) is 110 Å². The Labute approximate surface area is 234 Å². The van der Waals surface area contributed by atoms with E-state index in [1.54, 1.807) is 6.07 Å². The van der Waals surface area contributed by atoms with E-state index in [2.05, 4.69) is 58.1 Å². The van der Waals surface area contributed by atoms with E-state index in [4.69, 9.17) is 0 Å². The Kier molecular flexibility index (Phi) is 6.10. The Hall–Kier alpha value is -2.62. The molecule has 4 nitrogen and oxygen atoms in total. The third-order valence-electron chi connectivity index (χ3n) is 12.1. The van der Waals surface area contributed by atoms with Crippen molar-refractivity contribution in [3.8, 4) is 5.75 Å². The van der Waals surface area contributed by atoms with Gasteiger partial charge in [0, 0.05) is 0 Å². The molecule has 4 aliphatic carbocycles. The van der Waals surface area contributed by atoms with Crippen LogP contribution in [0.2, 0.25) is 0 Å². The lowest BCUT2D eigenvalue weighted by atomic mass is 9.49. The highest BCUT2D eigenvalue weighted by molar-refractivity contribution is 6.00. The fourth-order valence-corrected chi connectivity index (χ4v) is 9.95. The SMILES string of the molecule is Cc1ccc2c(c1)[C@@]1(C)CCC[C@](C)(C(=O)NC(=O)[C@@]3(C)CCC[C@]4(C)c5cc(O)ccc5CC[C@@H]34)[C@@H]1CC2. The predicted molar refractivity (Wildman–Crippen MR) is 155 cm³/mol. The van der Waals surface area contributed by atoms with Gasteiger partial charge in [-0.15, -0.1) is 0 Å². The topological polar surface area (TPSA) is 66.4 Å². The van der Waals surface area contributed by atoms with Gasteiger partial charge in [-0.05, 0) is 115 Å². The number of phenolic OH excluding ortho intramolecular Hbond substituents is 1. The molecule has 2 fully saturated rings. The zero-order chi connectivity index (χ0) is 27.8. The van der Waals surface area contributed by atoms with Gasteiger partial charge in [0.25, 0.3) is 0 Å². The number of rotatable bonds is 2. The van der Waals surface area contributed by atoms with Gasteiger partial charge < -0.3 is 5.11 Å². The van der Waals surface area contributed by atoms with Crippen LogP contribution < -0.4 is 5.32 Å². The molecule has 0 bridgehead atoms. The molecule has 2 amide bonds. The summed E-state index contributed by atoms with van der Waals surface area (Å²) >= 11 is 0. The molecule has 39 heavy (non-hydrogen) atoms. The van der Waals surface area contributed by atoms with E-state index in [-0.39, 0.29) is 34.5 Å². The molecule has 2 saturated carbocycles. The number of carbonyl (C=O) groups is 2. The van der Waals surface area contributed by atoms with Crippen LogP contribution in [0.25, 0.3) is 0 Å². The number of carbonyl (C=O) groups excluding carboxylic acids is 2. The number of hydrogen-bond acceptors (Lipinski definition) is 3. The summed E-state index contributed by atoms with van der Waals surface area (Å²) in [7, 11) is 0. The Morgan fingerprint density at radius 1 is 0.744 bits per heavy atom. The van der Waals surface area contributed by atoms with Gasteiger partial charge in [-0.3, -0.25) is 14.9 Å². The summed E-state index contributed by atoms with van der Waals surface area (Å²) in [5.74, 6) is 0.485. The molecule has 4 aliphatic rings. The van der Waals surface area contributed by atoms with Crippen LogP contribution in [0.1, 0.15) is 107 Å². The molecule has 6 rings (SSSR count). The number of fused-ring (bicyclic) bond motifs is 6. The molecule has 0 unspecified atom stereocenters. The third kappa shape index (κ3) is 3.84. The molecule has 0 aliphatic heterocycles. The number of imide groups is 1. The van der Waals surface area contributed by atoms with Crippen LogP contribution in [-0.4, -0.2) is 16.9 Å². The monoisotopic (exact) mass is 527 g/mol. The standard InChI is InChI=1S/C35H45NO3/c1-22-8-9-23-11-14-28-32(2,26(23)20-22)16-6-18-34(28,4)30(38)36-31(39)35(5)19-7-17-33(3)27-21-25(37)13-10-24(27)12-15-29(33)35/h8-10,13,20-21,28-29,37H,6-7,11-12,14-19H2,1-5H3,(H,36,38,39)/t28-,29-,32-,33-,34+,35+/m1/s1. The van der Waals surface area contributed by atoms with Gasteiger partial charge in [-0.2, -0.15) is 0 Å². The van der Waals surface area contributed by atoms with Crippen LogP contribution in [0.5, 0.6) is 5.75 Å². The zero-order valence-corrected chi connectivity index (χ0v) is 24.5. The van der Waals surface area contributed by atoms with Gasteiger partial charge in [0.2, 0.25) is 11.8 Å². The van der Waals surface area contributed by atoms with E-state index in [0.29, 0.717) is 5.75 Å². The maximum atomic E-state index is 14.2. The van der Waals surface area contributed by atoms with Crippen LogP contribution in [-0.2, 0) is 33.3 Å². The van der Waals surface area contributed by atoms with Gasteiger partial charge in [0.15, 0.2) is 0 Å². The Morgan fingerprint density at radius 3 is 1.77 bits per heavy atom. The fraction of sp³-hybridized carbons (Fsp3) is 0.600. The minimum absolute atomic E-state index is 0.0462. The first-order chi connectivity index (χ1) is 18.4. The number of benzene rings is 2. The van der Waals surface area contributed by atoms with E-state index in [1.165, 1.54) is 27.8 Å². The lowest BCUT2D eigenvalue weighted by Crippen LogP contribution is -2.60. The maximum absolute atomic E-state index is 14.2. The van der Waals surface area contributed by atoms with Crippen molar-refractivity contribution in [2.75, 3.05) is 0 Å². The summed E-state index contributed by atoms with van der Waals surface area (Å²) in [5, 5.41) is 13.3. The van der Waals surface area contributed by atoms with E-state index in [0.717, 1.165) is 64.2 Å². The minimum Gasteiger partial charge on any atom is -0.508 e. The Bertz CT molecular complexity index is 1250. The average Bonchev–Trinajstić information content (AvgIpc) is 2.89. The van der Waals surface area contributed by atoms with E-state index >= 15 is 0 Å². The zero-order valence-electron chi connectivity index (χ0n) is 24.5. The first-order valence-electron chi connectivity index (χ1n) is 15.2. The molecule has 0 radical (unpaired) electrons. The average molecular weight is 528 g/mol. The van der Waals surface area contributed by atoms with Crippen molar-refractivity contribution in [3.63, 3.8) is 0 Å². The smallest absolute Gasteiger partial charge is 0.232 e. The summed E-state index contributed by atoms with van der Waals surface area (Å²) in [6, 6.07) is 12.6. The lowest BCUT2D eigenvalue weighted by molar-refractivity contribution is -0.150. The molecule has 2 aromatic carbocycles. The maximum Gasteiger partial charge on any atom is 0.232 e. The number of phenols is 1. The number of aryl methyl sites for hydroxylation is 3. The molecule has 0 saturated heterocycles. The number of aromatic hydroxyl groups is 1. The molecule has 6 atom stereocenters. The summed E-state index contributed by atoms with van der Waals surface area (Å²) in [6.45, 7) is 11.0. The van der Waals surface area contributed by atoms with Gasteiger partial charge in [-0.25, -0.2) is 0 Å². The highest BCUT2D eigenvalue weighted by atomic mass is 16.3. The molecule has 208 valence electrons. The Morgan fingerprint density at radius 2 is 1.23 bits per heavy atom. The summed E-state index contributed by atoms with van der Waals surface area (Å²) in [6.07, 6.45) is 9.48. The van der Waals surface area contributed by atoms with Crippen LogP contribution in [0.3, 0.4) is 0 Å². The second-order valence-electron chi connectivity index (χ2n) is 14.3. The van der Waals surface area contributed by atoms with Crippen LogP contribution in [0.4, 0.5) is 0 Å². The molecule has 0 spiro atoms. The Balaban J connectivity index is 1.28. The van der Waals surface area contributed by atoms with Crippen molar-refractivity contribution in [1.82, 2.24) is 5.32 Å². The van der Waals surface area contributed by atoms with Gasteiger partial charge in [0.1, 0.15) is 5.75 Å². The van der Waals surface area contributed by atoms with Gasteiger partial charge >= 0.3 is 0 Å². The largest absolute Gasteiger partial charge is 0.508 e. The van der Waals surface area contributed by atoms with Crippen molar-refractivity contribution >= 4 is 11.8 Å². The lowest BCUT2D eigenvalue weighted by Gasteiger charge is -2.56. The first kappa shape index (κ1) is 26.6. The molecular weight excluding hydrogens is 482 g/mol. The van der Waals surface area contributed by atoms with E-state index in [9.17, 15) is 14.7 Å². The molecule has 2 N–H and O–H groups in total. The highest BCUT2D eigenvalue weighted by Crippen LogP contribution is 2.59. The van der Waals surface area contributed by atoms with Crippen LogP contribution in [0.15, 0.2) is 36.4 Å². The van der Waals surface area contributed by atoms with Crippen molar-refractivity contribution < 1.29 is 14.7 Å². The number of amides is 2. The van der Waals surface area contributed by atoms with Gasteiger partial charge in [0.05, 0.1) is 10.8 Å². The molecular formula is C35H45NO3. The van der Waals surface area contributed by atoms with E-state index < -0.39 is 10.8 Å². The quantitative estimate of drug-likeness (QED) is 0.411. The van der Waals surface area contributed by atoms with Gasteiger partial charge in [-0.1, -0.05) is 70.4 Å². The molecule has 2 aromatic rings. The van der Waals surface area contributed by atoms with Crippen LogP contribution in [0, 0.1) is 29.6 Å². The normalized spacial score (nSPS) is 37.1.